The van der Waals surface area contributed by atoms with E-state index >= 15 is 0 Å². The molecule has 2 aliphatic heterocycles. The number of aromatic nitrogens is 2. The van der Waals surface area contributed by atoms with Gasteiger partial charge in [0.05, 0.1) is 0 Å². The molecule has 30 heavy (non-hydrogen) atoms. The third kappa shape index (κ3) is 2.90. The van der Waals surface area contributed by atoms with Crippen molar-refractivity contribution >= 4 is 45.8 Å². The molecule has 8 heteroatoms. The molecule has 0 saturated heterocycles. The first-order valence-electron chi connectivity index (χ1n) is 9.64. The monoisotopic (exact) mass is 438 g/mol. The topological polar surface area (TPSA) is 78.4 Å². The van der Waals surface area contributed by atoms with Gasteiger partial charge in [0.25, 0.3) is 11.8 Å². The van der Waals surface area contributed by atoms with Crippen LogP contribution < -0.4 is 20.2 Å². The first-order valence-corrected chi connectivity index (χ1v) is 11.3. The maximum atomic E-state index is 12.6. The van der Waals surface area contributed by atoms with Crippen molar-refractivity contribution in [1.29, 1.82) is 0 Å². The predicted molar refractivity (Wildman–Crippen MR) is 114 cm³/mol. The van der Waals surface area contributed by atoms with Crippen molar-refractivity contribution in [1.82, 2.24) is 9.97 Å². The maximum Gasteiger partial charge on any atom is 0.348 e. The van der Waals surface area contributed by atoms with Crippen LogP contribution in [0.1, 0.15) is 59.0 Å². The van der Waals surface area contributed by atoms with E-state index in [4.69, 9.17) is 9.47 Å². The number of hydrogen-bond acceptors (Lipinski definition) is 8. The molecule has 0 aliphatic carbocycles. The zero-order chi connectivity index (χ0) is 21.2. The molecule has 152 valence electrons. The van der Waals surface area contributed by atoms with E-state index in [2.05, 4.69) is 37.7 Å². The van der Waals surface area contributed by atoms with Gasteiger partial charge in [-0.05, 0) is 36.1 Å². The zero-order valence-electron chi connectivity index (χ0n) is 16.8. The summed E-state index contributed by atoms with van der Waals surface area (Å²) in [6.45, 7) is 8.39. The lowest BCUT2D eigenvalue weighted by atomic mass is 10.1. The van der Waals surface area contributed by atoms with Crippen molar-refractivity contribution in [2.75, 3.05) is 0 Å². The van der Waals surface area contributed by atoms with E-state index in [-0.39, 0.29) is 11.8 Å². The number of ether oxygens (including phenoxy) is 2. The second kappa shape index (κ2) is 6.85. The minimum atomic E-state index is -0.489. The molecule has 0 spiro atoms. The van der Waals surface area contributed by atoms with Gasteiger partial charge in [0.2, 0.25) is 0 Å². The van der Waals surface area contributed by atoms with E-state index in [9.17, 15) is 9.59 Å². The van der Waals surface area contributed by atoms with Crippen LogP contribution in [0.5, 0.6) is 11.8 Å². The molecule has 0 bridgehead atoms. The first-order chi connectivity index (χ1) is 14.3. The lowest BCUT2D eigenvalue weighted by molar-refractivity contribution is -0.128. The van der Waals surface area contributed by atoms with Gasteiger partial charge in [-0.2, -0.15) is 0 Å². The number of carbonyl (C=O) groups excluding carboxylic acids is 2. The Morgan fingerprint density at radius 2 is 1.10 bits per heavy atom. The summed E-state index contributed by atoms with van der Waals surface area (Å²) in [6, 6.07) is 7.78. The molecule has 0 fully saturated rings. The lowest BCUT2D eigenvalue weighted by Gasteiger charge is -1.98. The Kier molecular flexibility index (Phi) is 4.37. The highest BCUT2D eigenvalue weighted by Crippen LogP contribution is 2.32. The van der Waals surface area contributed by atoms with Gasteiger partial charge in [-0.1, -0.05) is 27.7 Å². The molecule has 5 heterocycles. The third-order valence-corrected chi connectivity index (χ3v) is 7.78. The molecule has 6 nitrogen and oxygen atoms in total. The van der Waals surface area contributed by atoms with Crippen molar-refractivity contribution in [2.45, 2.75) is 39.5 Å². The van der Waals surface area contributed by atoms with E-state index in [1.165, 1.54) is 22.7 Å². The number of hydrogen-bond donors (Lipinski definition) is 0. The Hall–Kier alpha value is -2.84. The van der Waals surface area contributed by atoms with Gasteiger partial charge in [-0.15, -0.1) is 22.7 Å². The van der Waals surface area contributed by atoms with Gasteiger partial charge >= 0.3 is 11.9 Å². The van der Waals surface area contributed by atoms with Crippen LogP contribution in [0.3, 0.4) is 0 Å². The Balaban J connectivity index is 1.70. The number of rotatable bonds is 4. The van der Waals surface area contributed by atoms with Crippen LogP contribution in [0.2, 0.25) is 0 Å². The molecule has 5 rings (SSSR count). The minimum Gasteiger partial charge on any atom is -0.401 e. The summed E-state index contributed by atoms with van der Waals surface area (Å²) in [5, 5.41) is 0.637. The highest BCUT2D eigenvalue weighted by atomic mass is 32.1. The molecule has 0 amide bonds. The molecule has 0 atom stereocenters. The molecule has 2 aliphatic rings. The number of fused-ring (bicyclic) bond motifs is 2. The van der Waals surface area contributed by atoms with E-state index in [0.717, 1.165) is 19.5 Å². The van der Waals surface area contributed by atoms with E-state index < -0.39 is 11.9 Å². The largest absolute Gasteiger partial charge is 0.401 e. The summed E-state index contributed by atoms with van der Waals surface area (Å²) in [5.74, 6) is -0.0396. The van der Waals surface area contributed by atoms with E-state index in [0.29, 0.717) is 33.7 Å². The van der Waals surface area contributed by atoms with Crippen LogP contribution in [0, 0.1) is 0 Å². The van der Waals surface area contributed by atoms with Crippen LogP contribution >= 0.6 is 22.7 Å². The van der Waals surface area contributed by atoms with Crippen molar-refractivity contribution in [3.05, 3.63) is 54.5 Å². The number of carbonyl (C=O) groups is 2. The zero-order valence-corrected chi connectivity index (χ0v) is 18.4. The van der Waals surface area contributed by atoms with Crippen LogP contribution in [0.15, 0.2) is 24.3 Å². The van der Waals surface area contributed by atoms with E-state index in [1.807, 2.05) is 24.3 Å². The summed E-state index contributed by atoms with van der Waals surface area (Å²) in [6.07, 6.45) is 0. The van der Waals surface area contributed by atoms with Crippen LogP contribution in [0.4, 0.5) is 0 Å². The molecular weight excluding hydrogens is 420 g/mol. The predicted octanol–water partition coefficient (Wildman–Crippen LogP) is 3.08. The van der Waals surface area contributed by atoms with Crippen LogP contribution in [0.25, 0.3) is 11.1 Å². The first kappa shape index (κ1) is 19.1. The van der Waals surface area contributed by atoms with Crippen molar-refractivity contribution in [2.24, 2.45) is 0 Å². The molecule has 0 aromatic carbocycles. The molecular formula is C22H18N2O4S2. The SMILES string of the molecule is CC(C)c1ccc(C2=c3nc4c(nc3OC2=O)=C(c2ccc(C(C)C)s2)C(=O)O4)s1. The second-order valence-corrected chi connectivity index (χ2v) is 10.0. The van der Waals surface area contributed by atoms with E-state index in [1.54, 1.807) is 0 Å². The number of esters is 2. The van der Waals surface area contributed by atoms with Gasteiger partial charge in [-0.3, -0.25) is 0 Å². The molecule has 0 N–H and O–H groups in total. The van der Waals surface area contributed by atoms with Gasteiger partial charge in [0, 0.05) is 19.5 Å². The Morgan fingerprint density at radius 3 is 1.43 bits per heavy atom. The van der Waals surface area contributed by atoms with Gasteiger partial charge in [0.1, 0.15) is 21.8 Å². The highest BCUT2D eigenvalue weighted by Gasteiger charge is 2.34. The van der Waals surface area contributed by atoms with Gasteiger partial charge in [-0.25, -0.2) is 19.6 Å². The third-order valence-electron chi connectivity index (χ3n) is 4.98. The van der Waals surface area contributed by atoms with Crippen molar-refractivity contribution < 1.29 is 19.1 Å². The normalized spacial score (nSPS) is 15.1. The smallest absolute Gasteiger partial charge is 0.348 e. The fraction of sp³-hybridized carbons (Fsp3) is 0.273. The summed E-state index contributed by atoms with van der Waals surface area (Å²) < 4.78 is 10.8. The Bertz CT molecular complexity index is 1240. The standard InChI is InChI=1S/C22H18N2O4S2/c1-9(2)11-5-7-13(29-11)15-17-19(27-21(15)25)24-18-16(22(26)28-20(18)23-17)14-8-6-12(30-14)10(3)4/h5-10H,1-4H3. The van der Waals surface area contributed by atoms with Crippen molar-refractivity contribution in [3.63, 3.8) is 0 Å². The van der Waals surface area contributed by atoms with Crippen molar-refractivity contribution in [3.8, 4) is 11.8 Å². The molecule has 0 saturated carbocycles. The van der Waals surface area contributed by atoms with Crippen LogP contribution in [-0.2, 0) is 9.59 Å². The Labute approximate surface area is 180 Å². The summed E-state index contributed by atoms with van der Waals surface area (Å²) in [4.78, 5) is 38.0. The quantitative estimate of drug-likeness (QED) is 0.583. The summed E-state index contributed by atoms with van der Waals surface area (Å²) in [5.41, 5.74) is 0.722. The highest BCUT2D eigenvalue weighted by molar-refractivity contribution is 7.14. The van der Waals surface area contributed by atoms with Gasteiger partial charge in [0.15, 0.2) is 0 Å². The number of nitrogens with zero attached hydrogens (tertiary/aromatic N) is 2. The summed E-state index contributed by atoms with van der Waals surface area (Å²) >= 11 is 3.05. The number of thiophene rings is 2. The average molecular weight is 439 g/mol. The second-order valence-electron chi connectivity index (χ2n) is 7.77. The molecule has 0 unspecified atom stereocenters. The fourth-order valence-corrected chi connectivity index (χ4v) is 5.46. The molecule has 3 aromatic heterocycles. The molecule has 0 radical (unpaired) electrons. The Morgan fingerprint density at radius 1 is 0.700 bits per heavy atom. The average Bonchev–Trinajstić information content (AvgIpc) is 3.42. The minimum absolute atomic E-state index is 0.115. The maximum absolute atomic E-state index is 12.6. The fourth-order valence-electron chi connectivity index (χ4n) is 3.37. The summed E-state index contributed by atoms with van der Waals surface area (Å²) in [7, 11) is 0. The van der Waals surface area contributed by atoms with Gasteiger partial charge < -0.3 is 9.47 Å². The lowest BCUT2D eigenvalue weighted by Crippen LogP contribution is -2.19. The van der Waals surface area contributed by atoms with Crippen LogP contribution in [-0.4, -0.2) is 21.9 Å². The molecule has 3 aromatic rings.